The van der Waals surface area contributed by atoms with Gasteiger partial charge in [0.05, 0.1) is 11.3 Å². The molecule has 0 aliphatic carbocycles. The Labute approximate surface area is 196 Å². The van der Waals surface area contributed by atoms with Gasteiger partial charge in [-0.15, -0.1) is 0 Å². The van der Waals surface area contributed by atoms with Crippen molar-refractivity contribution in [3.8, 4) is 5.69 Å². The number of carbonyl (C=O) groups excluding carboxylic acids is 1. The first-order valence-electron chi connectivity index (χ1n) is 11.0. The molecule has 0 atom stereocenters. The maximum Gasteiger partial charge on any atom is 0.418 e. The SMILES string of the molecule is CCN(CC)Cc1ccc(CNC(=O)c2nn(-c3ccccc3C(F)(F)F)c(C)cc2=O)cc1. The largest absolute Gasteiger partial charge is 0.418 e. The predicted molar refractivity (Wildman–Crippen MR) is 124 cm³/mol. The van der Waals surface area contributed by atoms with Crippen molar-refractivity contribution < 1.29 is 18.0 Å². The lowest BCUT2D eigenvalue weighted by molar-refractivity contribution is -0.137. The summed E-state index contributed by atoms with van der Waals surface area (Å²) in [6.45, 7) is 8.53. The highest BCUT2D eigenvalue weighted by Crippen LogP contribution is 2.33. The Hall–Kier alpha value is -3.46. The highest BCUT2D eigenvalue weighted by molar-refractivity contribution is 5.92. The van der Waals surface area contributed by atoms with Gasteiger partial charge in [-0.1, -0.05) is 50.2 Å². The molecule has 0 unspecified atom stereocenters. The van der Waals surface area contributed by atoms with E-state index in [9.17, 15) is 22.8 Å². The van der Waals surface area contributed by atoms with Crippen LogP contribution in [0.4, 0.5) is 13.2 Å². The Morgan fingerprint density at radius 2 is 1.65 bits per heavy atom. The first-order chi connectivity index (χ1) is 16.1. The summed E-state index contributed by atoms with van der Waals surface area (Å²) in [5.41, 5.74) is -0.152. The van der Waals surface area contributed by atoms with E-state index in [4.69, 9.17) is 0 Å². The minimum atomic E-state index is -4.62. The molecule has 3 rings (SSSR count). The zero-order valence-electron chi connectivity index (χ0n) is 19.3. The molecule has 34 heavy (non-hydrogen) atoms. The molecule has 2 aromatic carbocycles. The third kappa shape index (κ3) is 5.91. The van der Waals surface area contributed by atoms with Gasteiger partial charge in [-0.25, -0.2) is 4.68 Å². The second-order valence-electron chi connectivity index (χ2n) is 7.89. The fourth-order valence-electron chi connectivity index (χ4n) is 3.58. The van der Waals surface area contributed by atoms with Crippen LogP contribution in [0.5, 0.6) is 0 Å². The molecule has 1 N–H and O–H groups in total. The molecule has 0 saturated carbocycles. The highest BCUT2D eigenvalue weighted by atomic mass is 19.4. The maximum atomic E-state index is 13.5. The zero-order chi connectivity index (χ0) is 24.9. The van der Waals surface area contributed by atoms with E-state index >= 15 is 0 Å². The molecule has 0 aliphatic rings. The topological polar surface area (TPSA) is 67.2 Å². The van der Waals surface area contributed by atoms with Crippen molar-refractivity contribution in [1.29, 1.82) is 0 Å². The summed E-state index contributed by atoms with van der Waals surface area (Å²) in [6.07, 6.45) is -4.62. The van der Waals surface area contributed by atoms with Crippen LogP contribution in [0.3, 0.4) is 0 Å². The van der Waals surface area contributed by atoms with Crippen LogP contribution >= 0.6 is 0 Å². The van der Waals surface area contributed by atoms with Gasteiger partial charge in [-0.3, -0.25) is 14.5 Å². The van der Waals surface area contributed by atoms with E-state index in [0.29, 0.717) is 0 Å². The van der Waals surface area contributed by atoms with Crippen LogP contribution < -0.4 is 10.7 Å². The van der Waals surface area contributed by atoms with Crippen molar-refractivity contribution >= 4 is 5.91 Å². The number of alkyl halides is 3. The second kappa shape index (κ2) is 10.6. The van der Waals surface area contributed by atoms with Crippen molar-refractivity contribution in [3.63, 3.8) is 0 Å². The Balaban J connectivity index is 1.80. The Bertz CT molecular complexity index is 1200. The minimum absolute atomic E-state index is 0.151. The molecule has 0 radical (unpaired) electrons. The zero-order valence-corrected chi connectivity index (χ0v) is 19.3. The quantitative estimate of drug-likeness (QED) is 0.530. The number of halogens is 3. The van der Waals surface area contributed by atoms with Crippen molar-refractivity contribution in [1.82, 2.24) is 20.0 Å². The molecule has 0 fully saturated rings. The number of hydrogen-bond donors (Lipinski definition) is 1. The van der Waals surface area contributed by atoms with Crippen LogP contribution in [0.2, 0.25) is 0 Å². The van der Waals surface area contributed by atoms with Crippen LogP contribution in [0.1, 0.15) is 46.7 Å². The van der Waals surface area contributed by atoms with Crippen LogP contribution in [0.25, 0.3) is 5.69 Å². The third-order valence-corrected chi connectivity index (χ3v) is 5.54. The minimum Gasteiger partial charge on any atom is -0.346 e. The van der Waals surface area contributed by atoms with Crippen molar-refractivity contribution in [2.24, 2.45) is 0 Å². The molecule has 0 spiro atoms. The number of amides is 1. The molecular formula is C25H27F3N4O2. The van der Waals surface area contributed by atoms with Crippen LogP contribution in [-0.2, 0) is 19.3 Å². The van der Waals surface area contributed by atoms with Gasteiger partial charge < -0.3 is 5.32 Å². The summed E-state index contributed by atoms with van der Waals surface area (Å²) in [6, 6.07) is 13.7. The number of nitrogens with one attached hydrogen (secondary N) is 1. The molecule has 0 bridgehead atoms. The predicted octanol–water partition coefficient (Wildman–Crippen LogP) is 4.33. The maximum absolute atomic E-state index is 13.5. The van der Waals surface area contributed by atoms with Gasteiger partial charge in [0.1, 0.15) is 0 Å². The summed E-state index contributed by atoms with van der Waals surface area (Å²) in [4.78, 5) is 27.4. The highest BCUT2D eigenvalue weighted by Gasteiger charge is 2.34. The number of carbonyl (C=O) groups is 1. The molecule has 6 nitrogen and oxygen atoms in total. The smallest absolute Gasteiger partial charge is 0.346 e. The Kier molecular flexibility index (Phi) is 7.88. The molecule has 0 saturated heterocycles. The summed E-state index contributed by atoms with van der Waals surface area (Å²) in [7, 11) is 0. The van der Waals surface area contributed by atoms with Gasteiger partial charge in [0.2, 0.25) is 5.43 Å². The van der Waals surface area contributed by atoms with Gasteiger partial charge in [-0.2, -0.15) is 18.3 Å². The van der Waals surface area contributed by atoms with E-state index in [1.165, 1.54) is 25.1 Å². The standard InChI is InChI=1S/C25H27F3N4O2/c1-4-31(5-2)16-19-12-10-18(11-13-19)15-29-24(34)23-22(33)14-17(3)32(30-23)21-9-7-6-8-20(21)25(26,27)28/h6-14H,4-5,15-16H2,1-3H3,(H,29,34). The fraction of sp³-hybridized carbons (Fsp3) is 0.320. The molecule has 0 aliphatic heterocycles. The Morgan fingerprint density at radius 3 is 2.26 bits per heavy atom. The van der Waals surface area contributed by atoms with Gasteiger partial charge in [0.25, 0.3) is 5.91 Å². The van der Waals surface area contributed by atoms with Gasteiger partial charge >= 0.3 is 6.18 Å². The fourth-order valence-corrected chi connectivity index (χ4v) is 3.58. The summed E-state index contributed by atoms with van der Waals surface area (Å²) in [5.74, 6) is -0.754. The monoisotopic (exact) mass is 472 g/mol. The number of hydrogen-bond acceptors (Lipinski definition) is 4. The van der Waals surface area contributed by atoms with Crippen LogP contribution in [0.15, 0.2) is 59.4 Å². The second-order valence-corrected chi connectivity index (χ2v) is 7.89. The number of nitrogens with zero attached hydrogens (tertiary/aromatic N) is 3. The van der Waals surface area contributed by atoms with E-state index in [-0.39, 0.29) is 17.9 Å². The molecule has 1 amide bonds. The van der Waals surface area contributed by atoms with E-state index < -0.39 is 28.8 Å². The summed E-state index contributed by atoms with van der Waals surface area (Å²) < 4.78 is 41.4. The molecule has 9 heteroatoms. The molecule has 3 aromatic rings. The first-order valence-corrected chi connectivity index (χ1v) is 11.0. The number of benzene rings is 2. The number of aromatic nitrogens is 2. The number of para-hydroxylation sites is 1. The van der Waals surface area contributed by atoms with E-state index in [1.54, 1.807) is 0 Å². The first kappa shape index (κ1) is 25.2. The summed E-state index contributed by atoms with van der Waals surface area (Å²) in [5, 5.41) is 6.61. The van der Waals surface area contributed by atoms with E-state index in [0.717, 1.165) is 47.6 Å². The van der Waals surface area contributed by atoms with E-state index in [1.807, 2.05) is 24.3 Å². The van der Waals surface area contributed by atoms with Crippen molar-refractivity contribution in [2.45, 2.75) is 40.0 Å². The van der Waals surface area contributed by atoms with Crippen molar-refractivity contribution in [2.75, 3.05) is 13.1 Å². The number of aryl methyl sites for hydroxylation is 1. The summed E-state index contributed by atoms with van der Waals surface area (Å²) >= 11 is 0. The van der Waals surface area contributed by atoms with Gasteiger partial charge in [-0.05, 0) is 43.3 Å². The molecular weight excluding hydrogens is 445 g/mol. The lowest BCUT2D eigenvalue weighted by Gasteiger charge is -2.18. The van der Waals surface area contributed by atoms with Gasteiger partial charge in [0, 0.05) is 24.8 Å². The average molecular weight is 473 g/mol. The lowest BCUT2D eigenvalue weighted by Crippen LogP contribution is -2.32. The van der Waals surface area contributed by atoms with Crippen LogP contribution in [-0.4, -0.2) is 33.7 Å². The molecule has 1 heterocycles. The molecule has 180 valence electrons. The third-order valence-electron chi connectivity index (χ3n) is 5.54. The van der Waals surface area contributed by atoms with E-state index in [2.05, 4.69) is 29.2 Å². The lowest BCUT2D eigenvalue weighted by atomic mass is 10.1. The number of rotatable bonds is 8. The normalized spacial score (nSPS) is 11.6. The van der Waals surface area contributed by atoms with Crippen molar-refractivity contribution in [3.05, 3.63) is 92.9 Å². The average Bonchev–Trinajstić information content (AvgIpc) is 2.81. The Morgan fingerprint density at radius 1 is 1.03 bits per heavy atom. The molecule has 1 aromatic heterocycles. The van der Waals surface area contributed by atoms with Crippen LogP contribution in [0, 0.1) is 6.92 Å². The van der Waals surface area contributed by atoms with Gasteiger partial charge in [0.15, 0.2) is 5.69 Å².